The van der Waals surface area contributed by atoms with E-state index < -0.39 is 0 Å². The van der Waals surface area contributed by atoms with Crippen molar-refractivity contribution in [3.63, 3.8) is 0 Å². The Hall–Kier alpha value is -0.0800. The Kier molecular flexibility index (Phi) is 3.45. The van der Waals surface area contributed by atoms with Crippen LogP contribution in [0.5, 0.6) is 0 Å². The second kappa shape index (κ2) is 4.63. The van der Waals surface area contributed by atoms with Gasteiger partial charge in [0.25, 0.3) is 0 Å². The molecule has 0 N–H and O–H groups in total. The van der Waals surface area contributed by atoms with Gasteiger partial charge in [-0.15, -0.1) is 0 Å². The minimum absolute atomic E-state index is 0.398. The SMILES string of the molecule is CC(C)OC1CCCC(N2CCC2)C1. The highest BCUT2D eigenvalue weighted by atomic mass is 16.5. The summed E-state index contributed by atoms with van der Waals surface area (Å²) in [5, 5.41) is 0. The lowest BCUT2D eigenvalue weighted by atomic mass is 9.90. The molecule has 1 aliphatic carbocycles. The molecule has 14 heavy (non-hydrogen) atoms. The average molecular weight is 197 g/mol. The minimum atomic E-state index is 0.398. The van der Waals surface area contributed by atoms with Crippen molar-refractivity contribution in [2.45, 2.75) is 64.2 Å². The standard InChI is InChI=1S/C12H23NO/c1-10(2)14-12-6-3-5-11(9-12)13-7-4-8-13/h10-12H,3-9H2,1-2H3. The second-order valence-electron chi connectivity index (χ2n) is 5.02. The molecule has 0 radical (unpaired) electrons. The van der Waals surface area contributed by atoms with E-state index in [4.69, 9.17) is 4.74 Å². The van der Waals surface area contributed by atoms with Crippen molar-refractivity contribution < 1.29 is 4.74 Å². The summed E-state index contributed by atoms with van der Waals surface area (Å²) in [6.07, 6.45) is 7.66. The zero-order chi connectivity index (χ0) is 9.97. The highest BCUT2D eigenvalue weighted by molar-refractivity contribution is 4.84. The summed E-state index contributed by atoms with van der Waals surface area (Å²) in [5.41, 5.74) is 0. The Morgan fingerprint density at radius 3 is 2.50 bits per heavy atom. The third kappa shape index (κ3) is 2.48. The first-order chi connectivity index (χ1) is 6.75. The lowest BCUT2D eigenvalue weighted by molar-refractivity contribution is -0.0413. The molecule has 1 heterocycles. The van der Waals surface area contributed by atoms with Crippen LogP contribution in [0.2, 0.25) is 0 Å². The lowest BCUT2D eigenvalue weighted by Crippen LogP contribution is -2.48. The predicted molar refractivity (Wildman–Crippen MR) is 58.5 cm³/mol. The maximum Gasteiger partial charge on any atom is 0.0593 e. The Morgan fingerprint density at radius 1 is 1.14 bits per heavy atom. The number of hydrogen-bond donors (Lipinski definition) is 0. The van der Waals surface area contributed by atoms with Crippen LogP contribution in [0.4, 0.5) is 0 Å². The van der Waals surface area contributed by atoms with Gasteiger partial charge in [0.05, 0.1) is 12.2 Å². The van der Waals surface area contributed by atoms with Crippen LogP contribution in [0, 0.1) is 0 Å². The molecule has 0 bridgehead atoms. The van der Waals surface area contributed by atoms with E-state index in [1.165, 1.54) is 45.2 Å². The van der Waals surface area contributed by atoms with Gasteiger partial charge in [0.1, 0.15) is 0 Å². The Bertz CT molecular complexity index is 177. The molecule has 0 amide bonds. The summed E-state index contributed by atoms with van der Waals surface area (Å²) >= 11 is 0. The van der Waals surface area contributed by atoms with Gasteiger partial charge < -0.3 is 9.64 Å². The topological polar surface area (TPSA) is 12.5 Å². The van der Waals surface area contributed by atoms with Gasteiger partial charge in [-0.1, -0.05) is 0 Å². The highest BCUT2D eigenvalue weighted by Crippen LogP contribution is 2.28. The Morgan fingerprint density at radius 2 is 1.93 bits per heavy atom. The molecule has 2 heteroatoms. The fourth-order valence-electron chi connectivity index (χ4n) is 2.67. The van der Waals surface area contributed by atoms with Crippen LogP contribution in [-0.4, -0.2) is 36.2 Å². The fraction of sp³-hybridized carbons (Fsp3) is 1.00. The number of ether oxygens (including phenoxy) is 1. The van der Waals surface area contributed by atoms with Crippen molar-refractivity contribution in [1.82, 2.24) is 4.90 Å². The second-order valence-corrected chi connectivity index (χ2v) is 5.02. The van der Waals surface area contributed by atoms with E-state index in [9.17, 15) is 0 Å². The molecule has 0 aromatic carbocycles. The number of rotatable bonds is 3. The van der Waals surface area contributed by atoms with Crippen LogP contribution in [0.3, 0.4) is 0 Å². The van der Waals surface area contributed by atoms with Crippen LogP contribution in [0.15, 0.2) is 0 Å². The van der Waals surface area contributed by atoms with Gasteiger partial charge in [-0.3, -0.25) is 0 Å². The molecule has 2 nitrogen and oxygen atoms in total. The number of nitrogens with zero attached hydrogens (tertiary/aromatic N) is 1. The number of hydrogen-bond acceptors (Lipinski definition) is 2. The molecule has 0 aromatic rings. The largest absolute Gasteiger partial charge is 0.376 e. The molecule has 82 valence electrons. The Labute approximate surface area is 87.6 Å². The molecule has 2 aliphatic rings. The van der Waals surface area contributed by atoms with E-state index in [-0.39, 0.29) is 0 Å². The van der Waals surface area contributed by atoms with Crippen molar-refractivity contribution in [2.75, 3.05) is 13.1 Å². The quantitative estimate of drug-likeness (QED) is 0.689. The third-order valence-electron chi connectivity index (χ3n) is 3.47. The van der Waals surface area contributed by atoms with Gasteiger partial charge in [-0.25, -0.2) is 0 Å². The summed E-state index contributed by atoms with van der Waals surface area (Å²) in [6, 6.07) is 0.834. The first-order valence-corrected chi connectivity index (χ1v) is 6.15. The zero-order valence-electron chi connectivity index (χ0n) is 9.54. The highest BCUT2D eigenvalue weighted by Gasteiger charge is 2.30. The first-order valence-electron chi connectivity index (χ1n) is 6.15. The smallest absolute Gasteiger partial charge is 0.0593 e. The van der Waals surface area contributed by atoms with Gasteiger partial charge in [0.2, 0.25) is 0 Å². The van der Waals surface area contributed by atoms with Crippen LogP contribution in [0.1, 0.15) is 46.0 Å². The maximum absolute atomic E-state index is 5.91. The molecular formula is C12H23NO. The van der Waals surface area contributed by atoms with Crippen LogP contribution in [0.25, 0.3) is 0 Å². The first kappa shape index (κ1) is 10.4. The molecule has 2 atom stereocenters. The van der Waals surface area contributed by atoms with Crippen LogP contribution < -0.4 is 0 Å². The van der Waals surface area contributed by atoms with E-state index in [1.807, 2.05) is 0 Å². The molecule has 2 unspecified atom stereocenters. The summed E-state index contributed by atoms with van der Waals surface area (Å²) < 4.78 is 5.91. The molecule has 0 spiro atoms. The van der Waals surface area contributed by atoms with E-state index in [2.05, 4.69) is 18.7 Å². The van der Waals surface area contributed by atoms with E-state index in [0.29, 0.717) is 12.2 Å². The van der Waals surface area contributed by atoms with E-state index in [1.54, 1.807) is 0 Å². The van der Waals surface area contributed by atoms with Gasteiger partial charge >= 0.3 is 0 Å². The molecule has 1 aliphatic heterocycles. The van der Waals surface area contributed by atoms with Crippen molar-refractivity contribution in [2.24, 2.45) is 0 Å². The molecule has 2 rings (SSSR count). The van der Waals surface area contributed by atoms with Crippen molar-refractivity contribution in [3.05, 3.63) is 0 Å². The summed E-state index contributed by atoms with van der Waals surface area (Å²) in [6.45, 7) is 6.96. The summed E-state index contributed by atoms with van der Waals surface area (Å²) in [7, 11) is 0. The molecular weight excluding hydrogens is 174 g/mol. The zero-order valence-corrected chi connectivity index (χ0v) is 9.54. The van der Waals surface area contributed by atoms with Gasteiger partial charge in [0.15, 0.2) is 0 Å². The predicted octanol–water partition coefficient (Wildman–Crippen LogP) is 2.43. The number of likely N-dealkylation sites (tertiary alicyclic amines) is 1. The maximum atomic E-state index is 5.91. The Balaban J connectivity index is 1.77. The average Bonchev–Trinajstić information content (AvgIpc) is 1.99. The molecule has 1 saturated heterocycles. The van der Waals surface area contributed by atoms with Crippen LogP contribution >= 0.6 is 0 Å². The van der Waals surface area contributed by atoms with Gasteiger partial charge in [0, 0.05) is 6.04 Å². The minimum Gasteiger partial charge on any atom is -0.376 e. The third-order valence-corrected chi connectivity index (χ3v) is 3.47. The van der Waals surface area contributed by atoms with Crippen molar-refractivity contribution in [3.8, 4) is 0 Å². The normalized spacial score (nSPS) is 34.5. The fourth-order valence-corrected chi connectivity index (χ4v) is 2.67. The molecule has 2 fully saturated rings. The van der Waals surface area contributed by atoms with Crippen molar-refractivity contribution >= 4 is 0 Å². The van der Waals surface area contributed by atoms with E-state index >= 15 is 0 Å². The van der Waals surface area contributed by atoms with Crippen LogP contribution in [-0.2, 0) is 4.74 Å². The summed E-state index contributed by atoms with van der Waals surface area (Å²) in [5.74, 6) is 0. The van der Waals surface area contributed by atoms with Gasteiger partial charge in [-0.2, -0.15) is 0 Å². The lowest BCUT2D eigenvalue weighted by Gasteiger charge is -2.42. The monoisotopic (exact) mass is 197 g/mol. The molecule has 1 saturated carbocycles. The van der Waals surface area contributed by atoms with Crippen molar-refractivity contribution in [1.29, 1.82) is 0 Å². The molecule has 0 aromatic heterocycles. The van der Waals surface area contributed by atoms with Gasteiger partial charge in [-0.05, 0) is 59.0 Å². The summed E-state index contributed by atoms with van der Waals surface area (Å²) in [4.78, 5) is 2.63. The van der Waals surface area contributed by atoms with E-state index in [0.717, 1.165) is 6.04 Å².